The summed E-state index contributed by atoms with van der Waals surface area (Å²) >= 11 is 0. The van der Waals surface area contributed by atoms with Crippen molar-refractivity contribution in [3.05, 3.63) is 59.2 Å². The van der Waals surface area contributed by atoms with Crippen LogP contribution in [-0.4, -0.2) is 18.4 Å². The van der Waals surface area contributed by atoms with Crippen molar-refractivity contribution < 1.29 is 9.53 Å². The van der Waals surface area contributed by atoms with E-state index in [1.165, 1.54) is 11.1 Å². The molecule has 1 aliphatic heterocycles. The quantitative estimate of drug-likeness (QED) is 0.703. The van der Waals surface area contributed by atoms with Gasteiger partial charge in [0, 0.05) is 12.1 Å². The number of hydrogen-bond acceptors (Lipinski definition) is 3. The van der Waals surface area contributed by atoms with Crippen molar-refractivity contribution in [3.63, 3.8) is 0 Å². The highest BCUT2D eigenvalue weighted by atomic mass is 16.5. The van der Waals surface area contributed by atoms with Gasteiger partial charge < -0.3 is 9.64 Å². The van der Waals surface area contributed by atoms with E-state index in [1.54, 1.807) is 6.92 Å². The molecule has 1 atom stereocenters. The van der Waals surface area contributed by atoms with Crippen LogP contribution in [0.3, 0.4) is 0 Å². The van der Waals surface area contributed by atoms with Crippen LogP contribution in [0.15, 0.2) is 42.5 Å². The molecule has 1 aliphatic rings. The van der Waals surface area contributed by atoms with Gasteiger partial charge in [0.25, 0.3) is 0 Å². The monoisotopic (exact) mass is 337 g/mol. The van der Waals surface area contributed by atoms with Gasteiger partial charge in [-0.25, -0.2) is 0 Å². The Morgan fingerprint density at radius 1 is 1.20 bits per heavy atom. The molecule has 0 spiro atoms. The first-order chi connectivity index (χ1) is 12.0. The highest BCUT2D eigenvalue weighted by molar-refractivity contribution is 5.95. The van der Waals surface area contributed by atoms with Gasteiger partial charge in [-0.05, 0) is 48.6 Å². The molecule has 3 nitrogen and oxygen atoms in total. The van der Waals surface area contributed by atoms with E-state index in [0.717, 1.165) is 36.5 Å². The predicted octanol–water partition coefficient (Wildman–Crippen LogP) is 5.19. The third kappa shape index (κ3) is 3.87. The van der Waals surface area contributed by atoms with E-state index in [9.17, 15) is 4.79 Å². The van der Waals surface area contributed by atoms with Gasteiger partial charge in [-0.15, -0.1) is 0 Å². The molecule has 0 bridgehead atoms. The average molecular weight is 337 g/mol. The molecule has 3 rings (SSSR count). The van der Waals surface area contributed by atoms with Crippen LogP contribution in [0.4, 0.5) is 5.69 Å². The molecule has 0 amide bonds. The highest BCUT2D eigenvalue weighted by Crippen LogP contribution is 2.36. The molecule has 0 aliphatic carbocycles. The first-order valence-corrected chi connectivity index (χ1v) is 9.13. The molecule has 1 heterocycles. The van der Waals surface area contributed by atoms with Crippen LogP contribution in [0.2, 0.25) is 0 Å². The van der Waals surface area contributed by atoms with Crippen LogP contribution in [-0.2, 0) is 6.54 Å². The summed E-state index contributed by atoms with van der Waals surface area (Å²) in [4.78, 5) is 14.1. The van der Waals surface area contributed by atoms with E-state index < -0.39 is 0 Å². The Hall–Kier alpha value is -2.29. The number of anilines is 1. The lowest BCUT2D eigenvalue weighted by Gasteiger charge is -2.36. The minimum atomic E-state index is 0.0849. The summed E-state index contributed by atoms with van der Waals surface area (Å²) in [7, 11) is 0. The smallest absolute Gasteiger partial charge is 0.159 e. The molecule has 2 aromatic carbocycles. The minimum absolute atomic E-state index is 0.0849. The largest absolute Gasteiger partial charge is 0.486 e. The molecular weight excluding hydrogens is 310 g/mol. The minimum Gasteiger partial charge on any atom is -0.486 e. The van der Waals surface area contributed by atoms with Gasteiger partial charge in [0.05, 0.1) is 12.2 Å². The number of Topliss-reactive ketones (excluding diaryl/α,β-unsaturated/α-hetero) is 1. The Labute approximate surface area is 150 Å². The molecule has 0 saturated heterocycles. The second-order valence-electron chi connectivity index (χ2n) is 7.16. The van der Waals surface area contributed by atoms with Crippen LogP contribution in [0.1, 0.15) is 61.5 Å². The van der Waals surface area contributed by atoms with Crippen LogP contribution >= 0.6 is 0 Å². The molecule has 3 heteroatoms. The maximum Gasteiger partial charge on any atom is 0.159 e. The molecule has 25 heavy (non-hydrogen) atoms. The van der Waals surface area contributed by atoms with E-state index in [4.69, 9.17) is 4.74 Å². The Balaban J connectivity index is 1.89. The lowest BCUT2D eigenvalue weighted by atomic mass is 10.0. The Morgan fingerprint density at radius 2 is 1.92 bits per heavy atom. The number of carbonyl (C=O) groups is 1. The topological polar surface area (TPSA) is 29.5 Å². The first-order valence-electron chi connectivity index (χ1n) is 9.13. The van der Waals surface area contributed by atoms with E-state index in [-0.39, 0.29) is 11.9 Å². The van der Waals surface area contributed by atoms with Gasteiger partial charge >= 0.3 is 0 Å². The molecule has 1 unspecified atom stereocenters. The second-order valence-corrected chi connectivity index (χ2v) is 7.16. The first kappa shape index (κ1) is 17.5. The molecule has 132 valence electrons. The average Bonchev–Trinajstić information content (AvgIpc) is 2.61. The zero-order chi connectivity index (χ0) is 18.0. The fourth-order valence-electron chi connectivity index (χ4n) is 3.23. The SMILES string of the molecule is CCC1CN(Cc2ccc(C(C)C)cc2)c2cc(C(C)=O)ccc2O1. The van der Waals surface area contributed by atoms with Gasteiger partial charge in [0.2, 0.25) is 0 Å². The van der Waals surface area contributed by atoms with Gasteiger partial charge in [0.1, 0.15) is 11.9 Å². The number of ether oxygens (including phenoxy) is 1. The summed E-state index contributed by atoms with van der Waals surface area (Å²) in [6, 6.07) is 14.6. The summed E-state index contributed by atoms with van der Waals surface area (Å²) in [5.41, 5.74) is 4.39. The van der Waals surface area contributed by atoms with E-state index >= 15 is 0 Å². The number of hydrogen-bond donors (Lipinski definition) is 0. The van der Waals surface area contributed by atoms with Crippen molar-refractivity contribution in [2.24, 2.45) is 0 Å². The summed E-state index contributed by atoms with van der Waals surface area (Å²) in [5.74, 6) is 1.50. The lowest BCUT2D eigenvalue weighted by Crippen LogP contribution is -2.39. The standard InChI is InChI=1S/C22H27NO2/c1-5-20-14-23(13-17-6-8-18(9-7-17)15(2)3)21-12-19(16(4)24)10-11-22(21)25-20/h6-12,15,20H,5,13-14H2,1-4H3. The number of fused-ring (bicyclic) bond motifs is 1. The van der Waals surface area contributed by atoms with Crippen LogP contribution in [0.5, 0.6) is 5.75 Å². The Bertz CT molecular complexity index is 749. The molecule has 0 aromatic heterocycles. The lowest BCUT2D eigenvalue weighted by molar-refractivity contribution is 0.101. The van der Waals surface area contributed by atoms with Crippen molar-refractivity contribution >= 4 is 11.5 Å². The maximum absolute atomic E-state index is 11.8. The van der Waals surface area contributed by atoms with Crippen LogP contribution in [0.25, 0.3) is 0 Å². The van der Waals surface area contributed by atoms with Crippen molar-refractivity contribution in [1.29, 1.82) is 0 Å². The Morgan fingerprint density at radius 3 is 2.52 bits per heavy atom. The van der Waals surface area contributed by atoms with Gasteiger partial charge in [-0.2, -0.15) is 0 Å². The number of carbonyl (C=O) groups excluding carboxylic acids is 1. The summed E-state index contributed by atoms with van der Waals surface area (Å²) in [5, 5.41) is 0. The van der Waals surface area contributed by atoms with Crippen LogP contribution in [0, 0.1) is 0 Å². The van der Waals surface area contributed by atoms with Crippen molar-refractivity contribution in [2.45, 2.75) is 52.7 Å². The molecule has 2 aromatic rings. The second kappa shape index (κ2) is 7.30. The maximum atomic E-state index is 11.8. The number of benzene rings is 2. The predicted molar refractivity (Wildman–Crippen MR) is 103 cm³/mol. The van der Waals surface area contributed by atoms with E-state index in [2.05, 4.69) is 49.9 Å². The third-order valence-electron chi connectivity index (χ3n) is 4.90. The third-order valence-corrected chi connectivity index (χ3v) is 4.90. The molecule has 0 N–H and O–H groups in total. The van der Waals surface area contributed by atoms with E-state index in [1.807, 2.05) is 18.2 Å². The number of rotatable bonds is 5. The van der Waals surface area contributed by atoms with Gasteiger partial charge in [-0.1, -0.05) is 45.0 Å². The zero-order valence-electron chi connectivity index (χ0n) is 15.6. The fraction of sp³-hybridized carbons (Fsp3) is 0.409. The number of nitrogens with zero attached hydrogens (tertiary/aromatic N) is 1. The van der Waals surface area contributed by atoms with E-state index in [0.29, 0.717) is 5.92 Å². The molecule has 0 saturated carbocycles. The Kier molecular flexibility index (Phi) is 5.12. The normalized spacial score (nSPS) is 16.5. The summed E-state index contributed by atoms with van der Waals surface area (Å²) < 4.78 is 6.08. The van der Waals surface area contributed by atoms with Gasteiger partial charge in [0.15, 0.2) is 5.78 Å². The highest BCUT2D eigenvalue weighted by Gasteiger charge is 2.25. The molecule has 0 fully saturated rings. The van der Waals surface area contributed by atoms with Crippen LogP contribution < -0.4 is 9.64 Å². The zero-order valence-corrected chi connectivity index (χ0v) is 15.6. The molecule has 0 radical (unpaired) electrons. The number of ketones is 1. The fourth-order valence-corrected chi connectivity index (χ4v) is 3.23. The van der Waals surface area contributed by atoms with Gasteiger partial charge in [-0.3, -0.25) is 4.79 Å². The molecular formula is C22H27NO2. The van der Waals surface area contributed by atoms with Crippen molar-refractivity contribution in [3.8, 4) is 5.75 Å². The van der Waals surface area contributed by atoms with Crippen molar-refractivity contribution in [2.75, 3.05) is 11.4 Å². The van der Waals surface area contributed by atoms with Crippen molar-refractivity contribution in [1.82, 2.24) is 0 Å². The summed E-state index contributed by atoms with van der Waals surface area (Å²) in [6.45, 7) is 9.85. The summed E-state index contributed by atoms with van der Waals surface area (Å²) in [6.07, 6.45) is 1.15.